The Bertz CT molecular complexity index is 1660. The van der Waals surface area contributed by atoms with Gasteiger partial charge in [0, 0.05) is 59.6 Å². The van der Waals surface area contributed by atoms with Crippen molar-refractivity contribution in [3.63, 3.8) is 0 Å². The number of Topliss-reactive ketones (excluding diaryl/α,β-unsaturated/α-hetero) is 2. The van der Waals surface area contributed by atoms with E-state index in [9.17, 15) is 19.2 Å². The molecule has 0 aliphatic heterocycles. The molecule has 2 amide bonds. The Labute approximate surface area is 317 Å². The van der Waals surface area contributed by atoms with Crippen molar-refractivity contribution in [2.24, 2.45) is 14.1 Å². The molecule has 4 aromatic rings. The van der Waals surface area contributed by atoms with Gasteiger partial charge in [-0.3, -0.25) is 19.2 Å². The lowest BCUT2D eigenvalue weighted by molar-refractivity contribution is 0.0961. The minimum absolute atomic E-state index is 0.0435. The first-order valence-electron chi connectivity index (χ1n) is 15.5. The smallest absolute Gasteiger partial charge is 0.275 e. The summed E-state index contributed by atoms with van der Waals surface area (Å²) in [6.07, 6.45) is 10.1. The first-order valence-corrected chi connectivity index (χ1v) is 22.4. The van der Waals surface area contributed by atoms with Crippen LogP contribution in [0.1, 0.15) is 100 Å². The van der Waals surface area contributed by atoms with Crippen LogP contribution in [0.5, 0.6) is 0 Å². The van der Waals surface area contributed by atoms with Crippen LogP contribution in [0.4, 0.5) is 16.5 Å². The molecule has 4 N–H and O–H groups in total. The number of nitrogens with zero attached hydrogens (tertiary/aromatic N) is 4. The number of nitrogen functional groups attached to an aromatic ring is 1. The van der Waals surface area contributed by atoms with Crippen molar-refractivity contribution in [1.29, 1.82) is 0 Å². The van der Waals surface area contributed by atoms with Gasteiger partial charge in [-0.15, -0.1) is 22.7 Å². The number of anilines is 3. The summed E-state index contributed by atoms with van der Waals surface area (Å²) in [4.78, 5) is 57.5. The first-order chi connectivity index (χ1) is 23.4. The van der Waals surface area contributed by atoms with Crippen LogP contribution in [-0.2, 0) is 14.1 Å². The van der Waals surface area contributed by atoms with Gasteiger partial charge in [-0.25, -0.2) is 9.97 Å². The lowest BCUT2D eigenvalue weighted by Gasteiger charge is -2.21. The van der Waals surface area contributed by atoms with E-state index in [2.05, 4.69) is 48.3 Å². The monoisotopic (exact) mass is 795 g/mol. The predicted octanol–water partition coefficient (Wildman–Crippen LogP) is 8.86. The molecule has 0 spiro atoms. The third-order valence-electron chi connectivity index (χ3n) is 7.23. The maximum Gasteiger partial charge on any atom is 0.275 e. The van der Waals surface area contributed by atoms with Crippen molar-refractivity contribution in [3.05, 3.63) is 63.1 Å². The molecule has 0 aliphatic rings. The summed E-state index contributed by atoms with van der Waals surface area (Å²) in [7, 11) is 10.6. The van der Waals surface area contributed by atoms with Crippen LogP contribution in [0.3, 0.4) is 0 Å². The van der Waals surface area contributed by atoms with Crippen LogP contribution >= 0.6 is 65.8 Å². The van der Waals surface area contributed by atoms with Crippen LogP contribution in [0, 0.1) is 6.92 Å². The maximum atomic E-state index is 12.5. The van der Waals surface area contributed by atoms with Gasteiger partial charge in [0.25, 0.3) is 11.8 Å². The molecule has 4 heterocycles. The van der Waals surface area contributed by atoms with Gasteiger partial charge in [0.15, 0.2) is 16.7 Å². The largest absolute Gasteiger partial charge is 0.375 e. The summed E-state index contributed by atoms with van der Waals surface area (Å²) in [6, 6.07) is 3.43. The molecule has 0 bridgehead atoms. The summed E-state index contributed by atoms with van der Waals surface area (Å²) in [6.45, 7) is 10.4. The number of nitrogens with one attached hydrogen (secondary N) is 2. The predicted molar refractivity (Wildman–Crippen MR) is 218 cm³/mol. The van der Waals surface area contributed by atoms with Crippen molar-refractivity contribution in [2.45, 2.75) is 69.8 Å². The lowest BCUT2D eigenvalue weighted by atomic mass is 10.0. The van der Waals surface area contributed by atoms with Crippen LogP contribution in [0.2, 0.25) is 0 Å². The fourth-order valence-electron chi connectivity index (χ4n) is 4.69. The quantitative estimate of drug-likeness (QED) is 0.0736. The van der Waals surface area contributed by atoms with Crippen molar-refractivity contribution in [1.82, 2.24) is 19.1 Å². The maximum absolute atomic E-state index is 12.5. The molecule has 11 nitrogen and oxygen atoms in total. The average molecular weight is 796 g/mol. The number of hydrogen-bond acceptors (Lipinski definition) is 13. The van der Waals surface area contributed by atoms with Crippen LogP contribution in [0.25, 0.3) is 0 Å². The highest BCUT2D eigenvalue weighted by Gasteiger charge is 2.23. The molecule has 4 rings (SSSR count). The molecule has 0 unspecified atom stereocenters. The Morgan fingerprint density at radius 2 is 1.18 bits per heavy atom. The zero-order chi connectivity index (χ0) is 37.2. The zero-order valence-electron chi connectivity index (χ0n) is 29.7. The van der Waals surface area contributed by atoms with E-state index in [4.69, 9.17) is 5.73 Å². The minimum Gasteiger partial charge on any atom is -0.375 e. The first kappa shape index (κ1) is 41.7. The van der Waals surface area contributed by atoms with E-state index in [0.717, 1.165) is 17.8 Å². The molecule has 272 valence electrons. The van der Waals surface area contributed by atoms with Gasteiger partial charge in [0.05, 0.1) is 27.8 Å². The topological polar surface area (TPSA) is 154 Å². The Morgan fingerprint density at radius 1 is 0.760 bits per heavy atom. The van der Waals surface area contributed by atoms with E-state index in [1.807, 2.05) is 26.5 Å². The number of amides is 2. The van der Waals surface area contributed by atoms with Gasteiger partial charge in [0.2, 0.25) is 0 Å². The Morgan fingerprint density at radius 3 is 1.54 bits per heavy atom. The van der Waals surface area contributed by atoms with Gasteiger partial charge in [-0.1, -0.05) is 43.2 Å². The molecule has 0 radical (unpaired) electrons. The second kappa shape index (κ2) is 18.7. The van der Waals surface area contributed by atoms with Crippen LogP contribution < -0.4 is 16.4 Å². The fourth-order valence-corrected chi connectivity index (χ4v) is 10.3. The van der Waals surface area contributed by atoms with Gasteiger partial charge in [-0.05, 0) is 72.1 Å². The standard InChI is InChI=1S/C17H23N3O2S3.C16H22N4O2S3/c1-11-18-13(10-24-11)16(22)19-12-8-14(20(4)9-12)15(21)6-7-17(2,3)25-23-5;1-16(2,25-23-4)6-5-13(21)12-7-10(8-20(12)3)18-14(22)11-9-24-15(17)19-11/h8-10H,6-7H2,1-5H3,(H,19,22);7-9H,5-6H2,1-4H3,(H2,17,19)(H,18,22). The molecule has 0 fully saturated rings. The summed E-state index contributed by atoms with van der Waals surface area (Å²) in [5.41, 5.74) is 8.58. The minimum atomic E-state index is -0.338. The summed E-state index contributed by atoms with van der Waals surface area (Å²) >= 11 is 2.65. The van der Waals surface area contributed by atoms with E-state index in [-0.39, 0.29) is 38.6 Å². The Hall–Kier alpha value is -2.70. The van der Waals surface area contributed by atoms with E-state index in [1.165, 1.54) is 22.7 Å². The van der Waals surface area contributed by atoms with E-state index >= 15 is 0 Å². The number of rotatable bonds is 16. The number of carbonyl (C=O) groups is 4. The van der Waals surface area contributed by atoms with Crippen molar-refractivity contribution in [3.8, 4) is 0 Å². The number of thiazole rings is 2. The summed E-state index contributed by atoms with van der Waals surface area (Å²) in [5, 5.41) is 10.1. The molecule has 0 aliphatic carbocycles. The molecular formula is C33H45N7O4S6. The molecular weight excluding hydrogens is 751 g/mol. The second-order valence-electron chi connectivity index (χ2n) is 12.5. The van der Waals surface area contributed by atoms with E-state index in [0.29, 0.717) is 46.4 Å². The normalized spacial score (nSPS) is 11.5. The molecule has 50 heavy (non-hydrogen) atoms. The van der Waals surface area contributed by atoms with E-state index < -0.39 is 0 Å². The highest BCUT2D eigenvalue weighted by Crippen LogP contribution is 2.38. The van der Waals surface area contributed by atoms with Crippen LogP contribution in [-0.4, -0.2) is 64.5 Å². The number of hydrogen-bond donors (Lipinski definition) is 3. The lowest BCUT2D eigenvalue weighted by Crippen LogP contribution is -2.16. The highest BCUT2D eigenvalue weighted by atomic mass is 33.1. The Kier molecular flexibility index (Phi) is 15.6. The molecule has 17 heteroatoms. The summed E-state index contributed by atoms with van der Waals surface area (Å²) < 4.78 is 3.60. The van der Waals surface area contributed by atoms with Crippen molar-refractivity contribution in [2.75, 3.05) is 28.9 Å². The number of aromatic nitrogens is 4. The Balaban J connectivity index is 0.000000270. The van der Waals surface area contributed by atoms with E-state index in [1.54, 1.807) is 94.6 Å². The van der Waals surface area contributed by atoms with Gasteiger partial charge in [0.1, 0.15) is 11.4 Å². The third kappa shape index (κ3) is 12.8. The fraction of sp³-hybridized carbons (Fsp3) is 0.455. The van der Waals surface area contributed by atoms with Gasteiger partial charge < -0.3 is 25.5 Å². The number of carbonyl (C=O) groups excluding carboxylic acids is 4. The van der Waals surface area contributed by atoms with Crippen molar-refractivity contribution >= 4 is 106 Å². The SMILES string of the molecule is CSSC(C)(C)CCC(=O)c1cc(NC(=O)c2csc(C)n2)cn1C.CSSC(C)(C)CCC(=O)c1cc(NC(=O)c2csc(N)n2)cn1C. The molecule has 4 aromatic heterocycles. The highest BCUT2D eigenvalue weighted by molar-refractivity contribution is 8.77. The number of ketones is 2. The number of aryl methyl sites for hydroxylation is 3. The molecule has 0 atom stereocenters. The number of nitrogens with two attached hydrogens (primary N) is 1. The summed E-state index contributed by atoms with van der Waals surface area (Å²) in [5.74, 6) is -0.445. The third-order valence-corrected chi connectivity index (χ3v) is 14.0. The molecule has 0 saturated carbocycles. The second-order valence-corrected chi connectivity index (χ2v) is 20.7. The van der Waals surface area contributed by atoms with Gasteiger partial charge in [-0.2, -0.15) is 0 Å². The average Bonchev–Trinajstić information content (AvgIpc) is 3.83. The zero-order valence-corrected chi connectivity index (χ0v) is 34.6. The van der Waals surface area contributed by atoms with Gasteiger partial charge >= 0.3 is 0 Å². The molecule has 0 saturated heterocycles. The van der Waals surface area contributed by atoms with Crippen LogP contribution in [0.15, 0.2) is 35.3 Å². The van der Waals surface area contributed by atoms with Crippen molar-refractivity contribution < 1.29 is 19.2 Å². The molecule has 0 aromatic carbocycles.